The van der Waals surface area contributed by atoms with Crippen molar-refractivity contribution >= 4 is 29.1 Å². The van der Waals surface area contributed by atoms with Crippen molar-refractivity contribution in [3.63, 3.8) is 0 Å². The maximum atomic E-state index is 9.34. The lowest BCUT2D eigenvalue weighted by Gasteiger charge is -2.47. The molecule has 1 fully saturated rings. The normalized spacial score (nSPS) is 29.9. The SMILES string of the molecule is CCC(C#N)C1(C(C#N)CC)CCC[Si](Cl)(Cl)O1. The lowest BCUT2D eigenvalue weighted by molar-refractivity contribution is -0.0314. The van der Waals surface area contributed by atoms with Crippen LogP contribution in [0.2, 0.25) is 6.04 Å². The molecule has 0 spiro atoms. The van der Waals surface area contributed by atoms with E-state index in [-0.39, 0.29) is 11.8 Å². The van der Waals surface area contributed by atoms with Crippen LogP contribution in [-0.4, -0.2) is 12.5 Å². The lowest BCUT2D eigenvalue weighted by Crippen LogP contribution is -2.54. The monoisotopic (exact) mass is 304 g/mol. The Morgan fingerprint density at radius 1 is 1.22 bits per heavy atom. The molecular formula is C12H18Cl2N2OSi. The van der Waals surface area contributed by atoms with Crippen LogP contribution in [0.3, 0.4) is 0 Å². The van der Waals surface area contributed by atoms with Gasteiger partial charge in [-0.15, -0.1) is 22.2 Å². The van der Waals surface area contributed by atoms with Crippen LogP contribution in [0.15, 0.2) is 0 Å². The molecule has 1 rings (SSSR count). The highest BCUT2D eigenvalue weighted by Crippen LogP contribution is 2.47. The van der Waals surface area contributed by atoms with Crippen LogP contribution < -0.4 is 0 Å². The molecule has 2 atom stereocenters. The first-order valence-corrected chi connectivity index (χ1v) is 10.5. The Bertz CT molecular complexity index is 353. The third-order valence-corrected chi connectivity index (χ3v) is 6.89. The molecule has 0 bridgehead atoms. The van der Waals surface area contributed by atoms with Crippen LogP contribution >= 0.6 is 22.2 Å². The van der Waals surface area contributed by atoms with E-state index in [0.717, 1.165) is 6.42 Å². The molecule has 1 aliphatic heterocycles. The summed E-state index contributed by atoms with van der Waals surface area (Å²) in [6, 6.07) is 5.22. The molecule has 0 aromatic heterocycles. The Balaban J connectivity index is 3.17. The molecule has 1 saturated heterocycles. The fourth-order valence-corrected chi connectivity index (χ4v) is 6.07. The van der Waals surface area contributed by atoms with Gasteiger partial charge in [0.25, 0.3) is 0 Å². The first-order valence-electron chi connectivity index (χ1n) is 6.33. The number of hydrogen-bond acceptors (Lipinski definition) is 3. The van der Waals surface area contributed by atoms with Crippen LogP contribution in [0, 0.1) is 34.5 Å². The predicted molar refractivity (Wildman–Crippen MR) is 74.1 cm³/mol. The van der Waals surface area contributed by atoms with Gasteiger partial charge in [0.1, 0.15) is 0 Å². The molecule has 0 amide bonds. The average Bonchev–Trinajstić information content (AvgIpc) is 2.30. The van der Waals surface area contributed by atoms with E-state index in [1.807, 2.05) is 13.8 Å². The molecule has 0 N–H and O–H groups in total. The zero-order valence-electron chi connectivity index (χ0n) is 10.7. The fraction of sp³-hybridized carbons (Fsp3) is 0.833. The van der Waals surface area contributed by atoms with Crippen molar-refractivity contribution in [2.75, 3.05) is 0 Å². The maximum absolute atomic E-state index is 9.34. The summed E-state index contributed by atoms with van der Waals surface area (Å²) in [7, 11) is 0. The van der Waals surface area contributed by atoms with Gasteiger partial charge in [0.15, 0.2) is 0 Å². The summed E-state index contributed by atoms with van der Waals surface area (Å²) < 4.78 is 5.97. The highest BCUT2D eigenvalue weighted by Gasteiger charge is 2.54. The van der Waals surface area contributed by atoms with Crippen LogP contribution in [-0.2, 0) is 4.43 Å². The van der Waals surface area contributed by atoms with E-state index in [9.17, 15) is 10.5 Å². The first kappa shape index (κ1) is 15.8. The Morgan fingerprint density at radius 2 is 1.72 bits per heavy atom. The number of hydrogen-bond donors (Lipinski definition) is 0. The van der Waals surface area contributed by atoms with E-state index < -0.39 is 12.5 Å². The lowest BCUT2D eigenvalue weighted by atomic mass is 9.73. The first-order chi connectivity index (χ1) is 8.45. The van der Waals surface area contributed by atoms with Crippen molar-refractivity contribution in [1.29, 1.82) is 10.5 Å². The standard InChI is InChI=1S/C12H18Cl2N2OSi/c1-3-10(8-15)12(11(4-2)9-16)6-5-7-18(13,14)17-12/h10-11H,3-7H2,1-2H3. The van der Waals surface area contributed by atoms with Crippen molar-refractivity contribution in [2.24, 2.45) is 11.8 Å². The largest absolute Gasteiger partial charge is 0.390 e. The molecule has 18 heavy (non-hydrogen) atoms. The molecule has 6 heteroatoms. The van der Waals surface area contributed by atoms with E-state index in [4.69, 9.17) is 26.6 Å². The van der Waals surface area contributed by atoms with Gasteiger partial charge >= 0.3 is 6.94 Å². The van der Waals surface area contributed by atoms with E-state index >= 15 is 0 Å². The van der Waals surface area contributed by atoms with E-state index in [1.165, 1.54) is 0 Å². The van der Waals surface area contributed by atoms with Gasteiger partial charge in [0, 0.05) is 0 Å². The highest BCUT2D eigenvalue weighted by molar-refractivity contribution is 7.42. The molecule has 1 aliphatic rings. The van der Waals surface area contributed by atoms with Gasteiger partial charge in [-0.25, -0.2) is 0 Å². The molecule has 0 aliphatic carbocycles. The van der Waals surface area contributed by atoms with Crippen molar-refractivity contribution in [2.45, 2.75) is 51.2 Å². The van der Waals surface area contributed by atoms with Crippen LogP contribution in [0.1, 0.15) is 39.5 Å². The minimum atomic E-state index is -2.77. The van der Waals surface area contributed by atoms with Gasteiger partial charge in [-0.1, -0.05) is 13.8 Å². The Kier molecular flexibility index (Phi) is 5.49. The summed E-state index contributed by atoms with van der Waals surface area (Å²) in [6.45, 7) is 1.09. The second-order valence-electron chi connectivity index (χ2n) is 4.73. The smallest absolute Gasteiger partial charge is 0.384 e. The van der Waals surface area contributed by atoms with Crippen molar-refractivity contribution in [1.82, 2.24) is 0 Å². The summed E-state index contributed by atoms with van der Waals surface area (Å²) in [5, 5.41) is 18.7. The van der Waals surface area contributed by atoms with Crippen LogP contribution in [0.25, 0.3) is 0 Å². The molecular weight excluding hydrogens is 287 g/mol. The van der Waals surface area contributed by atoms with Gasteiger partial charge in [-0.3, -0.25) is 0 Å². The number of rotatable bonds is 4. The van der Waals surface area contributed by atoms with Gasteiger partial charge in [0.05, 0.1) is 29.6 Å². The summed E-state index contributed by atoms with van der Waals surface area (Å²) >= 11 is 12.5. The van der Waals surface area contributed by atoms with Crippen molar-refractivity contribution in [3.05, 3.63) is 0 Å². The van der Waals surface area contributed by atoms with Crippen molar-refractivity contribution < 1.29 is 4.43 Å². The second-order valence-corrected chi connectivity index (χ2v) is 11.0. The fourth-order valence-electron chi connectivity index (χ4n) is 2.78. The molecule has 0 aromatic carbocycles. The van der Waals surface area contributed by atoms with E-state index in [0.29, 0.717) is 25.3 Å². The topological polar surface area (TPSA) is 56.8 Å². The summed E-state index contributed by atoms with van der Waals surface area (Å²) in [4.78, 5) is 0. The molecule has 0 radical (unpaired) electrons. The maximum Gasteiger partial charge on any atom is 0.390 e. The molecule has 0 saturated carbocycles. The predicted octanol–water partition coefficient (Wildman–Crippen LogP) is 4.05. The summed E-state index contributed by atoms with van der Waals surface area (Å²) in [5.74, 6) is -0.654. The quantitative estimate of drug-likeness (QED) is 0.581. The summed E-state index contributed by atoms with van der Waals surface area (Å²) in [5.41, 5.74) is -0.777. The van der Waals surface area contributed by atoms with Crippen LogP contribution in [0.4, 0.5) is 0 Å². The molecule has 1 heterocycles. The third kappa shape index (κ3) is 3.00. The minimum absolute atomic E-state index is 0.327. The minimum Gasteiger partial charge on any atom is -0.384 e. The Morgan fingerprint density at radius 3 is 2.06 bits per heavy atom. The Hall–Kier alpha value is -0.263. The third-order valence-electron chi connectivity index (χ3n) is 3.68. The van der Waals surface area contributed by atoms with E-state index in [2.05, 4.69) is 12.1 Å². The van der Waals surface area contributed by atoms with Gasteiger partial charge in [0.2, 0.25) is 0 Å². The number of nitriles is 2. The van der Waals surface area contributed by atoms with Gasteiger partial charge in [-0.05, 0) is 31.7 Å². The molecule has 0 aromatic rings. The van der Waals surface area contributed by atoms with Crippen LogP contribution in [0.5, 0.6) is 0 Å². The summed E-state index contributed by atoms with van der Waals surface area (Å²) in [6.07, 6.45) is 2.81. The molecule has 100 valence electrons. The van der Waals surface area contributed by atoms with Crippen molar-refractivity contribution in [3.8, 4) is 12.1 Å². The van der Waals surface area contributed by atoms with E-state index in [1.54, 1.807) is 0 Å². The van der Waals surface area contributed by atoms with Gasteiger partial charge in [-0.2, -0.15) is 10.5 Å². The van der Waals surface area contributed by atoms with Gasteiger partial charge < -0.3 is 4.43 Å². The zero-order chi connectivity index (χ0) is 13.8. The Labute approximate surface area is 119 Å². The highest BCUT2D eigenvalue weighted by atomic mass is 35.7. The second kappa shape index (κ2) is 6.26. The number of halogens is 2. The molecule has 3 nitrogen and oxygen atoms in total. The molecule has 2 unspecified atom stereocenters. The number of nitrogens with zero attached hydrogens (tertiary/aromatic N) is 2. The zero-order valence-corrected chi connectivity index (χ0v) is 13.3. The average molecular weight is 305 g/mol.